The van der Waals surface area contributed by atoms with Crippen LogP contribution < -0.4 is 5.32 Å². The van der Waals surface area contributed by atoms with Gasteiger partial charge in [0.1, 0.15) is 0 Å². The Morgan fingerprint density at radius 3 is 2.80 bits per heavy atom. The van der Waals surface area contributed by atoms with Gasteiger partial charge in [-0.3, -0.25) is 4.79 Å². The third kappa shape index (κ3) is 4.31. The number of rotatable bonds is 5. The highest BCUT2D eigenvalue weighted by molar-refractivity contribution is 7.99. The third-order valence-electron chi connectivity index (χ3n) is 3.32. The van der Waals surface area contributed by atoms with Crippen molar-refractivity contribution in [2.45, 2.75) is 12.1 Å². The van der Waals surface area contributed by atoms with Crippen LogP contribution in [-0.2, 0) is 4.79 Å². The van der Waals surface area contributed by atoms with Gasteiger partial charge in [-0.15, -0.1) is 5.10 Å². The number of amides is 1. The minimum absolute atomic E-state index is 0.144. The largest absolute Gasteiger partial charge is 0.324 e. The second-order valence-corrected chi connectivity index (χ2v) is 6.91. The lowest BCUT2D eigenvalue weighted by Gasteiger charge is -2.08. The molecule has 0 aliphatic carbocycles. The van der Waals surface area contributed by atoms with Crippen LogP contribution in [0.4, 0.5) is 5.69 Å². The number of anilines is 1. The second kappa shape index (κ2) is 7.86. The first-order chi connectivity index (χ1) is 12.0. The first kappa shape index (κ1) is 17.7. The lowest BCUT2D eigenvalue weighted by Crippen LogP contribution is -2.15. The van der Waals surface area contributed by atoms with E-state index < -0.39 is 0 Å². The number of aryl methyl sites for hydroxylation is 1. The number of tetrazole rings is 1. The summed E-state index contributed by atoms with van der Waals surface area (Å²) >= 11 is 13.1. The van der Waals surface area contributed by atoms with Crippen molar-refractivity contribution in [1.82, 2.24) is 20.2 Å². The van der Waals surface area contributed by atoms with Gasteiger partial charge in [0.15, 0.2) is 0 Å². The number of benzene rings is 2. The van der Waals surface area contributed by atoms with Gasteiger partial charge in [0.25, 0.3) is 0 Å². The molecule has 25 heavy (non-hydrogen) atoms. The van der Waals surface area contributed by atoms with E-state index in [0.717, 1.165) is 11.3 Å². The predicted molar refractivity (Wildman–Crippen MR) is 99.7 cm³/mol. The van der Waals surface area contributed by atoms with Gasteiger partial charge in [0.05, 0.1) is 22.2 Å². The number of para-hydroxylation sites is 1. The Balaban J connectivity index is 1.67. The predicted octanol–water partition coefficient (Wildman–Crippen LogP) is 4.01. The molecule has 128 valence electrons. The Labute approximate surface area is 158 Å². The molecule has 1 heterocycles. The quantitative estimate of drug-likeness (QED) is 0.662. The molecule has 6 nitrogen and oxygen atoms in total. The summed E-state index contributed by atoms with van der Waals surface area (Å²) in [6, 6.07) is 12.6. The first-order valence-electron chi connectivity index (χ1n) is 7.26. The van der Waals surface area contributed by atoms with E-state index in [-0.39, 0.29) is 11.7 Å². The molecule has 0 radical (unpaired) electrons. The number of halogens is 2. The first-order valence-corrected chi connectivity index (χ1v) is 9.01. The van der Waals surface area contributed by atoms with Crippen molar-refractivity contribution in [3.8, 4) is 5.69 Å². The van der Waals surface area contributed by atoms with Gasteiger partial charge in [-0.1, -0.05) is 53.2 Å². The molecule has 0 aliphatic rings. The number of hydrogen-bond acceptors (Lipinski definition) is 5. The van der Waals surface area contributed by atoms with Gasteiger partial charge in [0.2, 0.25) is 11.1 Å². The van der Waals surface area contributed by atoms with E-state index >= 15 is 0 Å². The minimum atomic E-state index is -0.214. The van der Waals surface area contributed by atoms with Crippen LogP contribution in [0.3, 0.4) is 0 Å². The highest BCUT2D eigenvalue weighted by Crippen LogP contribution is 2.26. The SMILES string of the molecule is Cc1ccccc1-n1nnnc1SCC(=O)Nc1ccc(Cl)cc1Cl. The van der Waals surface area contributed by atoms with E-state index in [1.807, 2.05) is 31.2 Å². The lowest BCUT2D eigenvalue weighted by atomic mass is 10.2. The number of aromatic nitrogens is 4. The summed E-state index contributed by atoms with van der Waals surface area (Å²) in [5.41, 5.74) is 2.42. The van der Waals surface area contributed by atoms with Crippen LogP contribution in [0.15, 0.2) is 47.6 Å². The van der Waals surface area contributed by atoms with Crippen molar-refractivity contribution in [1.29, 1.82) is 0 Å². The zero-order valence-electron chi connectivity index (χ0n) is 13.1. The van der Waals surface area contributed by atoms with E-state index in [9.17, 15) is 4.79 Å². The molecular weight excluding hydrogens is 381 g/mol. The van der Waals surface area contributed by atoms with E-state index in [1.165, 1.54) is 11.8 Å². The molecule has 0 bridgehead atoms. The Bertz CT molecular complexity index is 915. The van der Waals surface area contributed by atoms with E-state index in [1.54, 1.807) is 22.9 Å². The topological polar surface area (TPSA) is 72.7 Å². The van der Waals surface area contributed by atoms with Crippen LogP contribution in [0.25, 0.3) is 5.69 Å². The fourth-order valence-electron chi connectivity index (χ4n) is 2.13. The fourth-order valence-corrected chi connectivity index (χ4v) is 3.27. The van der Waals surface area contributed by atoms with Gasteiger partial charge < -0.3 is 5.32 Å². The van der Waals surface area contributed by atoms with Crippen molar-refractivity contribution in [3.63, 3.8) is 0 Å². The van der Waals surface area contributed by atoms with E-state index in [4.69, 9.17) is 23.2 Å². The van der Waals surface area contributed by atoms with Crippen molar-refractivity contribution in [2.75, 3.05) is 11.1 Å². The van der Waals surface area contributed by atoms with Gasteiger partial charge >= 0.3 is 0 Å². The molecule has 0 atom stereocenters. The highest BCUT2D eigenvalue weighted by atomic mass is 35.5. The molecule has 0 aliphatic heterocycles. The summed E-state index contributed by atoms with van der Waals surface area (Å²) < 4.78 is 1.61. The molecule has 0 saturated carbocycles. The monoisotopic (exact) mass is 393 g/mol. The maximum atomic E-state index is 12.2. The van der Waals surface area contributed by atoms with E-state index in [2.05, 4.69) is 20.8 Å². The van der Waals surface area contributed by atoms with Gasteiger partial charge in [-0.05, 0) is 47.2 Å². The number of carbonyl (C=O) groups is 1. The molecule has 1 N–H and O–H groups in total. The second-order valence-electron chi connectivity index (χ2n) is 5.12. The Hall–Kier alpha value is -2.09. The zero-order valence-corrected chi connectivity index (χ0v) is 15.4. The van der Waals surface area contributed by atoms with Gasteiger partial charge in [0, 0.05) is 5.02 Å². The number of nitrogens with one attached hydrogen (secondary N) is 1. The standard InChI is InChI=1S/C16H13Cl2N5OS/c1-10-4-2-3-5-14(10)23-16(20-21-22-23)25-9-15(24)19-13-7-6-11(17)8-12(13)18/h2-8H,9H2,1H3,(H,19,24). The minimum Gasteiger partial charge on any atom is -0.324 e. The molecule has 9 heteroatoms. The average Bonchev–Trinajstić information content (AvgIpc) is 3.04. The molecule has 0 spiro atoms. The number of hydrogen-bond donors (Lipinski definition) is 1. The number of carbonyl (C=O) groups excluding carboxylic acids is 1. The molecule has 0 saturated heterocycles. The van der Waals surface area contributed by atoms with Crippen molar-refractivity contribution in [2.24, 2.45) is 0 Å². The summed E-state index contributed by atoms with van der Waals surface area (Å²) in [6.07, 6.45) is 0. The molecule has 0 unspecified atom stereocenters. The fraction of sp³-hybridized carbons (Fsp3) is 0.125. The highest BCUT2D eigenvalue weighted by Gasteiger charge is 2.13. The van der Waals surface area contributed by atoms with E-state index in [0.29, 0.717) is 20.9 Å². The third-order valence-corrected chi connectivity index (χ3v) is 4.79. The number of nitrogens with zero attached hydrogens (tertiary/aromatic N) is 4. The zero-order chi connectivity index (χ0) is 17.8. The molecule has 1 amide bonds. The summed E-state index contributed by atoms with van der Waals surface area (Å²) in [6.45, 7) is 1.97. The van der Waals surface area contributed by atoms with Crippen LogP contribution in [0.2, 0.25) is 10.0 Å². The maximum absolute atomic E-state index is 12.2. The molecular formula is C16H13Cl2N5OS. The van der Waals surface area contributed by atoms with Crippen LogP contribution in [0.5, 0.6) is 0 Å². The van der Waals surface area contributed by atoms with Crippen LogP contribution >= 0.6 is 35.0 Å². The van der Waals surface area contributed by atoms with Crippen LogP contribution in [0, 0.1) is 6.92 Å². The number of thioether (sulfide) groups is 1. The molecule has 3 rings (SSSR count). The Morgan fingerprint density at radius 2 is 2.04 bits per heavy atom. The summed E-state index contributed by atoms with van der Waals surface area (Å²) in [7, 11) is 0. The smallest absolute Gasteiger partial charge is 0.234 e. The lowest BCUT2D eigenvalue weighted by molar-refractivity contribution is -0.113. The van der Waals surface area contributed by atoms with Crippen LogP contribution in [0.1, 0.15) is 5.56 Å². The Kier molecular flexibility index (Phi) is 5.57. The Morgan fingerprint density at radius 1 is 1.24 bits per heavy atom. The van der Waals surface area contributed by atoms with Crippen LogP contribution in [-0.4, -0.2) is 31.9 Å². The average molecular weight is 394 g/mol. The van der Waals surface area contributed by atoms with Gasteiger partial charge in [-0.2, -0.15) is 4.68 Å². The summed E-state index contributed by atoms with van der Waals surface area (Å²) in [4.78, 5) is 12.2. The van der Waals surface area contributed by atoms with Crippen molar-refractivity contribution in [3.05, 3.63) is 58.1 Å². The van der Waals surface area contributed by atoms with Crippen molar-refractivity contribution >= 4 is 46.6 Å². The molecule has 1 aromatic heterocycles. The maximum Gasteiger partial charge on any atom is 0.234 e. The van der Waals surface area contributed by atoms with Gasteiger partial charge in [-0.25, -0.2) is 0 Å². The normalized spacial score (nSPS) is 10.7. The molecule has 2 aromatic carbocycles. The molecule has 3 aromatic rings. The van der Waals surface area contributed by atoms with Crippen molar-refractivity contribution < 1.29 is 4.79 Å². The summed E-state index contributed by atoms with van der Waals surface area (Å²) in [5.74, 6) is -0.0702. The molecule has 0 fully saturated rings. The summed E-state index contributed by atoms with van der Waals surface area (Å²) in [5, 5.41) is 15.9.